The van der Waals surface area contributed by atoms with E-state index >= 15 is 0 Å². The lowest BCUT2D eigenvalue weighted by Gasteiger charge is -2.31. The number of hydrogen-bond donors (Lipinski definition) is 0. The maximum atomic E-state index is 12.3. The fourth-order valence-electron chi connectivity index (χ4n) is 2.92. The minimum absolute atomic E-state index is 0.231. The number of likely N-dealkylation sites (tertiary alicyclic amines) is 1. The van der Waals surface area contributed by atoms with Crippen LogP contribution < -0.4 is 0 Å². The summed E-state index contributed by atoms with van der Waals surface area (Å²) in [7, 11) is 0. The van der Waals surface area contributed by atoms with E-state index in [0.29, 0.717) is 19.1 Å². The second-order valence-electron chi connectivity index (χ2n) is 6.09. The van der Waals surface area contributed by atoms with Crippen molar-refractivity contribution in [3.8, 4) is 0 Å². The summed E-state index contributed by atoms with van der Waals surface area (Å²) in [6, 6.07) is 13.9. The fourth-order valence-corrected chi connectivity index (χ4v) is 2.92. The van der Waals surface area contributed by atoms with Crippen LogP contribution in [-0.4, -0.2) is 29.1 Å². The van der Waals surface area contributed by atoms with Crippen molar-refractivity contribution in [2.45, 2.75) is 32.3 Å². The van der Waals surface area contributed by atoms with Gasteiger partial charge in [-0.2, -0.15) is 0 Å². The number of ether oxygens (including phenoxy) is 1. The van der Waals surface area contributed by atoms with Crippen molar-refractivity contribution in [3.05, 3.63) is 65.5 Å². The predicted molar refractivity (Wildman–Crippen MR) is 89.1 cm³/mol. The highest BCUT2D eigenvalue weighted by Gasteiger charge is 2.26. The normalized spacial score (nSPS) is 17.8. The van der Waals surface area contributed by atoms with Crippen molar-refractivity contribution >= 4 is 6.09 Å². The number of pyridine rings is 1. The Morgan fingerprint density at radius 2 is 2.09 bits per heavy atom. The molecule has 1 saturated heterocycles. The van der Waals surface area contributed by atoms with Gasteiger partial charge in [0.1, 0.15) is 6.61 Å². The van der Waals surface area contributed by atoms with Crippen molar-refractivity contribution < 1.29 is 9.53 Å². The first kappa shape index (κ1) is 15.5. The first-order chi connectivity index (χ1) is 11.2. The standard InChI is InChI=1S/C19H22N2O2/c1-15-9-10-18(20-12-15)17-8-5-11-21(13-17)19(22)23-14-16-6-3-2-4-7-16/h2-4,6-7,9-10,12,17H,5,8,11,13-14H2,1H3. The van der Waals surface area contributed by atoms with Gasteiger partial charge in [0.05, 0.1) is 0 Å². The van der Waals surface area contributed by atoms with Crippen molar-refractivity contribution in [3.63, 3.8) is 0 Å². The second kappa shape index (κ2) is 7.27. The molecule has 0 radical (unpaired) electrons. The van der Waals surface area contributed by atoms with Crippen molar-refractivity contribution in [1.82, 2.24) is 9.88 Å². The zero-order chi connectivity index (χ0) is 16.1. The van der Waals surface area contributed by atoms with E-state index in [1.54, 1.807) is 4.90 Å². The van der Waals surface area contributed by atoms with Gasteiger partial charge >= 0.3 is 6.09 Å². The minimum Gasteiger partial charge on any atom is -0.445 e. The summed E-state index contributed by atoms with van der Waals surface area (Å²) < 4.78 is 5.44. The minimum atomic E-state index is -0.231. The quantitative estimate of drug-likeness (QED) is 0.863. The van der Waals surface area contributed by atoms with Crippen LogP contribution in [-0.2, 0) is 11.3 Å². The molecule has 4 heteroatoms. The summed E-state index contributed by atoms with van der Waals surface area (Å²) in [5.74, 6) is 0.300. The molecule has 1 aliphatic rings. The number of rotatable bonds is 3. The maximum absolute atomic E-state index is 12.3. The topological polar surface area (TPSA) is 42.4 Å². The molecule has 0 saturated carbocycles. The van der Waals surface area contributed by atoms with Gasteiger partial charge in [-0.1, -0.05) is 36.4 Å². The fraction of sp³-hybridized carbons (Fsp3) is 0.368. The Balaban J connectivity index is 1.57. The van der Waals surface area contributed by atoms with E-state index in [-0.39, 0.29) is 6.09 Å². The molecule has 1 atom stereocenters. The molecule has 23 heavy (non-hydrogen) atoms. The lowest BCUT2D eigenvalue weighted by Crippen LogP contribution is -2.39. The highest BCUT2D eigenvalue weighted by molar-refractivity contribution is 5.67. The lowest BCUT2D eigenvalue weighted by molar-refractivity contribution is 0.0856. The summed E-state index contributed by atoms with van der Waals surface area (Å²) in [6.45, 7) is 3.80. The molecule has 2 aromatic rings. The van der Waals surface area contributed by atoms with Gasteiger partial charge in [-0.3, -0.25) is 4.98 Å². The first-order valence-corrected chi connectivity index (χ1v) is 8.10. The zero-order valence-corrected chi connectivity index (χ0v) is 13.4. The van der Waals surface area contributed by atoms with E-state index in [0.717, 1.165) is 36.2 Å². The Labute approximate surface area is 137 Å². The van der Waals surface area contributed by atoms with Crippen LogP contribution in [0, 0.1) is 6.92 Å². The highest BCUT2D eigenvalue weighted by Crippen LogP contribution is 2.26. The van der Waals surface area contributed by atoms with E-state index in [1.165, 1.54) is 0 Å². The predicted octanol–water partition coefficient (Wildman–Crippen LogP) is 3.91. The molecule has 1 amide bonds. The molecule has 1 aliphatic heterocycles. The Morgan fingerprint density at radius 3 is 2.83 bits per heavy atom. The van der Waals surface area contributed by atoms with Gasteiger partial charge < -0.3 is 9.64 Å². The second-order valence-corrected chi connectivity index (χ2v) is 6.09. The molecule has 0 bridgehead atoms. The number of benzene rings is 1. The van der Waals surface area contributed by atoms with Crippen LogP contribution in [0.25, 0.3) is 0 Å². The molecule has 1 unspecified atom stereocenters. The monoisotopic (exact) mass is 310 g/mol. The smallest absolute Gasteiger partial charge is 0.410 e. The van der Waals surface area contributed by atoms with Gasteiger partial charge in [0.25, 0.3) is 0 Å². The molecule has 3 rings (SSSR count). The summed E-state index contributed by atoms with van der Waals surface area (Å²) in [5.41, 5.74) is 3.23. The number of carbonyl (C=O) groups is 1. The van der Waals surface area contributed by atoms with Crippen LogP contribution >= 0.6 is 0 Å². The average Bonchev–Trinajstić information content (AvgIpc) is 2.61. The number of aromatic nitrogens is 1. The van der Waals surface area contributed by atoms with Crippen LogP contribution in [0.5, 0.6) is 0 Å². The highest BCUT2D eigenvalue weighted by atomic mass is 16.6. The molecule has 120 valence electrons. The molecular weight excluding hydrogens is 288 g/mol. The van der Waals surface area contributed by atoms with E-state index < -0.39 is 0 Å². The Bertz CT molecular complexity index is 640. The summed E-state index contributed by atoms with van der Waals surface area (Å²) in [6.07, 6.45) is 3.71. The van der Waals surface area contributed by atoms with Crippen LogP contribution in [0.1, 0.15) is 35.6 Å². The van der Waals surface area contributed by atoms with Gasteiger partial charge in [-0.15, -0.1) is 0 Å². The number of piperidine rings is 1. The Morgan fingerprint density at radius 1 is 1.26 bits per heavy atom. The molecule has 1 aromatic carbocycles. The van der Waals surface area contributed by atoms with Gasteiger partial charge in [0.2, 0.25) is 0 Å². The summed E-state index contributed by atoms with van der Waals surface area (Å²) >= 11 is 0. The number of hydrogen-bond acceptors (Lipinski definition) is 3. The number of aryl methyl sites for hydroxylation is 1. The SMILES string of the molecule is Cc1ccc(C2CCCN(C(=O)OCc3ccccc3)C2)nc1. The molecule has 2 heterocycles. The zero-order valence-electron chi connectivity index (χ0n) is 13.4. The van der Waals surface area contributed by atoms with Crippen LogP contribution in [0.4, 0.5) is 4.79 Å². The first-order valence-electron chi connectivity index (χ1n) is 8.10. The van der Waals surface area contributed by atoms with Crippen LogP contribution in [0.15, 0.2) is 48.7 Å². The summed E-state index contributed by atoms with van der Waals surface area (Å²) in [4.78, 5) is 18.6. The van der Waals surface area contributed by atoms with Gasteiger partial charge in [-0.05, 0) is 37.0 Å². The lowest BCUT2D eigenvalue weighted by atomic mass is 9.94. The van der Waals surface area contributed by atoms with Crippen molar-refractivity contribution in [2.24, 2.45) is 0 Å². The molecular formula is C19H22N2O2. The third-order valence-corrected chi connectivity index (χ3v) is 4.24. The van der Waals surface area contributed by atoms with Crippen molar-refractivity contribution in [1.29, 1.82) is 0 Å². The molecule has 0 N–H and O–H groups in total. The van der Waals surface area contributed by atoms with Crippen LogP contribution in [0.2, 0.25) is 0 Å². The van der Waals surface area contributed by atoms with Crippen molar-refractivity contribution in [2.75, 3.05) is 13.1 Å². The molecule has 1 aromatic heterocycles. The van der Waals surface area contributed by atoms with Gasteiger partial charge in [0, 0.05) is 30.9 Å². The molecule has 0 aliphatic carbocycles. The third-order valence-electron chi connectivity index (χ3n) is 4.24. The van der Waals surface area contributed by atoms with Gasteiger partial charge in [0.15, 0.2) is 0 Å². The number of nitrogens with zero attached hydrogens (tertiary/aromatic N) is 2. The third kappa shape index (κ3) is 4.09. The maximum Gasteiger partial charge on any atom is 0.410 e. The molecule has 4 nitrogen and oxygen atoms in total. The average molecular weight is 310 g/mol. The molecule has 0 spiro atoms. The Kier molecular flexibility index (Phi) is 4.91. The van der Waals surface area contributed by atoms with E-state index in [1.807, 2.05) is 43.5 Å². The molecule has 1 fully saturated rings. The number of carbonyl (C=O) groups excluding carboxylic acids is 1. The number of amides is 1. The largest absolute Gasteiger partial charge is 0.445 e. The Hall–Kier alpha value is -2.36. The van der Waals surface area contributed by atoms with E-state index in [4.69, 9.17) is 4.74 Å². The van der Waals surface area contributed by atoms with Crippen LogP contribution in [0.3, 0.4) is 0 Å². The van der Waals surface area contributed by atoms with E-state index in [2.05, 4.69) is 17.1 Å². The summed E-state index contributed by atoms with van der Waals surface area (Å²) in [5, 5.41) is 0. The van der Waals surface area contributed by atoms with Gasteiger partial charge in [-0.25, -0.2) is 4.79 Å². The van der Waals surface area contributed by atoms with E-state index in [9.17, 15) is 4.79 Å².